The number of hydrogen-bond donors (Lipinski definition) is 0. The minimum atomic E-state index is -0.573. The minimum absolute atomic E-state index is 0.0180. The van der Waals surface area contributed by atoms with Gasteiger partial charge in [-0.1, -0.05) is 6.07 Å². The van der Waals surface area contributed by atoms with E-state index in [4.69, 9.17) is 14.2 Å². The third kappa shape index (κ3) is 4.19. The Balaban J connectivity index is 2.12. The molecular weight excluding hydrogens is 310 g/mol. The fourth-order valence-corrected chi connectivity index (χ4v) is 2.74. The number of methoxy groups -OCH3 is 2. The second-order valence-electron chi connectivity index (χ2n) is 6.82. The van der Waals surface area contributed by atoms with E-state index in [2.05, 4.69) is 0 Å². The van der Waals surface area contributed by atoms with Gasteiger partial charge in [0.15, 0.2) is 5.78 Å². The summed E-state index contributed by atoms with van der Waals surface area (Å²) in [4.78, 5) is 26.1. The predicted molar refractivity (Wildman–Crippen MR) is 89.7 cm³/mol. The fourth-order valence-electron chi connectivity index (χ4n) is 2.74. The van der Waals surface area contributed by atoms with Crippen LogP contribution in [0.1, 0.15) is 38.7 Å². The van der Waals surface area contributed by atoms with E-state index in [9.17, 15) is 9.59 Å². The van der Waals surface area contributed by atoms with Gasteiger partial charge >= 0.3 is 6.09 Å². The molecule has 6 heteroatoms. The van der Waals surface area contributed by atoms with E-state index in [1.54, 1.807) is 20.3 Å². The number of Topliss-reactive ketones (excluding diaryl/α,β-unsaturated/α-hetero) is 1. The summed E-state index contributed by atoms with van der Waals surface area (Å²) in [5.74, 6) is 0.993. The summed E-state index contributed by atoms with van der Waals surface area (Å²) < 4.78 is 15.9. The maximum absolute atomic E-state index is 12.6. The standard InChI is InChI=1S/C18H25NO5/c1-18(2,3)24-17(21)19-9-8-13(15(20)11-19)14-7-6-12(22-4)10-16(14)23-5/h6-7,10,13H,8-9,11H2,1-5H3/t13-/m1/s1. The zero-order chi connectivity index (χ0) is 17.9. The lowest BCUT2D eigenvalue weighted by Gasteiger charge is -2.33. The van der Waals surface area contributed by atoms with Gasteiger partial charge in [0.2, 0.25) is 0 Å². The number of ether oxygens (including phenoxy) is 3. The summed E-state index contributed by atoms with van der Waals surface area (Å²) in [6.45, 7) is 5.94. The van der Waals surface area contributed by atoms with Gasteiger partial charge in [-0.25, -0.2) is 4.79 Å². The molecule has 0 bridgehead atoms. The van der Waals surface area contributed by atoms with Crippen molar-refractivity contribution >= 4 is 11.9 Å². The van der Waals surface area contributed by atoms with Gasteiger partial charge in [0.05, 0.1) is 20.8 Å². The van der Waals surface area contributed by atoms with Crippen LogP contribution in [0.4, 0.5) is 4.79 Å². The second kappa shape index (κ2) is 7.11. The lowest BCUT2D eigenvalue weighted by molar-refractivity contribution is -0.123. The third-order valence-electron chi connectivity index (χ3n) is 3.89. The summed E-state index contributed by atoms with van der Waals surface area (Å²) in [7, 11) is 3.15. The van der Waals surface area contributed by atoms with E-state index >= 15 is 0 Å². The highest BCUT2D eigenvalue weighted by Gasteiger charge is 2.34. The van der Waals surface area contributed by atoms with E-state index < -0.39 is 11.7 Å². The van der Waals surface area contributed by atoms with Crippen LogP contribution in [0, 0.1) is 0 Å². The fraction of sp³-hybridized carbons (Fsp3) is 0.556. The van der Waals surface area contributed by atoms with Crippen LogP contribution in [-0.2, 0) is 9.53 Å². The number of hydrogen-bond acceptors (Lipinski definition) is 5. The van der Waals surface area contributed by atoms with Crippen molar-refractivity contribution in [2.45, 2.75) is 38.7 Å². The maximum Gasteiger partial charge on any atom is 0.410 e. The molecule has 24 heavy (non-hydrogen) atoms. The van der Waals surface area contributed by atoms with Crippen molar-refractivity contribution in [1.29, 1.82) is 0 Å². The summed E-state index contributed by atoms with van der Waals surface area (Å²) in [6.07, 6.45) is 0.0943. The van der Waals surface area contributed by atoms with Crippen LogP contribution in [0.25, 0.3) is 0 Å². The van der Waals surface area contributed by atoms with E-state index in [1.165, 1.54) is 4.90 Å². The lowest BCUT2D eigenvalue weighted by atomic mass is 9.87. The molecule has 1 aromatic carbocycles. The molecule has 1 aliphatic rings. The molecule has 1 fully saturated rings. The Morgan fingerprint density at radius 1 is 1.21 bits per heavy atom. The molecule has 0 saturated carbocycles. The highest BCUT2D eigenvalue weighted by molar-refractivity contribution is 5.91. The van der Waals surface area contributed by atoms with Crippen LogP contribution in [0.3, 0.4) is 0 Å². The van der Waals surface area contributed by atoms with Crippen LogP contribution in [0.15, 0.2) is 18.2 Å². The van der Waals surface area contributed by atoms with Crippen molar-refractivity contribution < 1.29 is 23.8 Å². The van der Waals surface area contributed by atoms with Crippen LogP contribution >= 0.6 is 0 Å². The number of nitrogens with zero attached hydrogens (tertiary/aromatic N) is 1. The number of ketones is 1. The molecule has 0 radical (unpaired) electrons. The lowest BCUT2D eigenvalue weighted by Crippen LogP contribution is -2.45. The first-order valence-electron chi connectivity index (χ1n) is 7.97. The van der Waals surface area contributed by atoms with E-state index in [1.807, 2.05) is 32.9 Å². The number of likely N-dealkylation sites (tertiary alicyclic amines) is 1. The third-order valence-corrected chi connectivity index (χ3v) is 3.89. The van der Waals surface area contributed by atoms with Gasteiger partial charge < -0.3 is 19.1 Å². The van der Waals surface area contributed by atoms with Gasteiger partial charge in [-0.05, 0) is 33.3 Å². The summed E-state index contributed by atoms with van der Waals surface area (Å²) >= 11 is 0. The predicted octanol–water partition coefficient (Wildman–Crippen LogP) is 3.00. The number of rotatable bonds is 3. The molecule has 1 aromatic rings. The Labute approximate surface area is 142 Å². The minimum Gasteiger partial charge on any atom is -0.497 e. The van der Waals surface area contributed by atoms with Crippen LogP contribution in [0.2, 0.25) is 0 Å². The van der Waals surface area contributed by atoms with Crippen molar-refractivity contribution in [3.05, 3.63) is 23.8 Å². The molecule has 0 spiro atoms. The average molecular weight is 335 g/mol. The molecule has 1 saturated heterocycles. The molecule has 132 valence electrons. The van der Waals surface area contributed by atoms with E-state index in [0.29, 0.717) is 24.5 Å². The largest absolute Gasteiger partial charge is 0.497 e. The highest BCUT2D eigenvalue weighted by Crippen LogP contribution is 2.35. The van der Waals surface area contributed by atoms with Crippen LogP contribution in [-0.4, -0.2) is 49.7 Å². The second-order valence-corrected chi connectivity index (χ2v) is 6.82. The smallest absolute Gasteiger partial charge is 0.410 e. The molecular formula is C18H25NO5. The first-order chi connectivity index (χ1) is 11.2. The molecule has 1 amide bonds. The van der Waals surface area contributed by atoms with Gasteiger partial charge in [0, 0.05) is 24.1 Å². The Kier molecular flexibility index (Phi) is 5.36. The molecule has 1 aliphatic heterocycles. The quantitative estimate of drug-likeness (QED) is 0.849. The number of amides is 1. The van der Waals surface area contributed by atoms with Crippen molar-refractivity contribution in [2.24, 2.45) is 0 Å². The normalized spacial score (nSPS) is 18.3. The molecule has 0 aromatic heterocycles. The monoisotopic (exact) mass is 335 g/mol. The highest BCUT2D eigenvalue weighted by atomic mass is 16.6. The molecule has 1 atom stereocenters. The van der Waals surface area contributed by atoms with Crippen molar-refractivity contribution in [1.82, 2.24) is 4.90 Å². The molecule has 6 nitrogen and oxygen atoms in total. The number of carbonyl (C=O) groups is 2. The van der Waals surface area contributed by atoms with Crippen molar-refractivity contribution in [3.63, 3.8) is 0 Å². The number of benzene rings is 1. The summed E-state index contributed by atoms with van der Waals surface area (Å²) in [6, 6.07) is 5.43. The zero-order valence-corrected chi connectivity index (χ0v) is 14.9. The van der Waals surface area contributed by atoms with E-state index in [0.717, 1.165) is 5.56 Å². The first-order valence-corrected chi connectivity index (χ1v) is 7.97. The Morgan fingerprint density at radius 2 is 1.92 bits per heavy atom. The molecule has 0 N–H and O–H groups in total. The Hall–Kier alpha value is -2.24. The molecule has 0 aliphatic carbocycles. The van der Waals surface area contributed by atoms with Gasteiger partial charge in [-0.15, -0.1) is 0 Å². The van der Waals surface area contributed by atoms with Crippen molar-refractivity contribution in [2.75, 3.05) is 27.3 Å². The van der Waals surface area contributed by atoms with Gasteiger partial charge in [-0.3, -0.25) is 4.79 Å². The number of carbonyl (C=O) groups excluding carboxylic acids is 2. The average Bonchev–Trinajstić information content (AvgIpc) is 2.52. The summed E-state index contributed by atoms with van der Waals surface area (Å²) in [5, 5.41) is 0. The van der Waals surface area contributed by atoms with Crippen molar-refractivity contribution in [3.8, 4) is 11.5 Å². The molecule has 1 heterocycles. The van der Waals surface area contributed by atoms with Gasteiger partial charge in [0.1, 0.15) is 17.1 Å². The van der Waals surface area contributed by atoms with Gasteiger partial charge in [0.25, 0.3) is 0 Å². The van der Waals surface area contributed by atoms with Crippen LogP contribution < -0.4 is 9.47 Å². The maximum atomic E-state index is 12.6. The Morgan fingerprint density at radius 3 is 2.46 bits per heavy atom. The SMILES string of the molecule is COc1ccc([C@H]2CCN(C(=O)OC(C)(C)C)CC2=O)c(OC)c1. The van der Waals surface area contributed by atoms with Gasteiger partial charge in [-0.2, -0.15) is 0 Å². The zero-order valence-electron chi connectivity index (χ0n) is 14.9. The van der Waals surface area contributed by atoms with Crippen LogP contribution in [0.5, 0.6) is 11.5 Å². The first kappa shape index (κ1) is 18.1. The Bertz CT molecular complexity index is 620. The topological polar surface area (TPSA) is 65.1 Å². The molecule has 2 rings (SSSR count). The summed E-state index contributed by atoms with van der Waals surface area (Å²) in [5.41, 5.74) is 0.253. The molecule has 0 unspecified atom stereocenters. The number of piperidine rings is 1. The van der Waals surface area contributed by atoms with E-state index in [-0.39, 0.29) is 18.2 Å².